The maximum absolute atomic E-state index is 11.2. The molecular weight excluding hydrogens is 128 g/mol. The summed E-state index contributed by atoms with van der Waals surface area (Å²) in [6, 6.07) is 0.553. The van der Waals surface area contributed by atoms with Gasteiger partial charge in [-0.2, -0.15) is 0 Å². The number of nitrogens with zero attached hydrogens (tertiary/aromatic N) is 2. The molecule has 3 heteroatoms. The number of hydrogen-bond donors (Lipinski definition) is 0. The van der Waals surface area contributed by atoms with Crippen LogP contribution in [0.5, 0.6) is 0 Å². The van der Waals surface area contributed by atoms with E-state index in [1.807, 2.05) is 18.9 Å². The van der Waals surface area contributed by atoms with Crippen LogP contribution in [0.25, 0.3) is 0 Å². The van der Waals surface area contributed by atoms with Crippen LogP contribution in [0.2, 0.25) is 0 Å². The van der Waals surface area contributed by atoms with Crippen LogP contribution in [0.1, 0.15) is 13.8 Å². The second kappa shape index (κ2) is 2.48. The molecule has 0 aromatic rings. The van der Waals surface area contributed by atoms with Crippen LogP contribution >= 0.6 is 0 Å². The van der Waals surface area contributed by atoms with Crippen molar-refractivity contribution in [1.29, 1.82) is 0 Å². The molecule has 0 aromatic heterocycles. The first-order valence-corrected chi connectivity index (χ1v) is 3.68. The fourth-order valence-corrected chi connectivity index (χ4v) is 1.43. The summed E-state index contributed by atoms with van der Waals surface area (Å²) in [6.45, 7) is 5.77. The molecule has 2 amide bonds. The van der Waals surface area contributed by atoms with E-state index in [2.05, 4.69) is 6.92 Å². The predicted octanol–water partition coefficient (Wildman–Crippen LogP) is 0.762. The van der Waals surface area contributed by atoms with Crippen molar-refractivity contribution in [2.75, 3.05) is 20.1 Å². The highest BCUT2D eigenvalue weighted by Crippen LogP contribution is 2.12. The van der Waals surface area contributed by atoms with Crippen LogP contribution < -0.4 is 0 Å². The average Bonchev–Trinajstić information content (AvgIpc) is 2.09. The zero-order chi connectivity index (χ0) is 7.72. The Morgan fingerprint density at radius 2 is 2.30 bits per heavy atom. The van der Waals surface area contributed by atoms with E-state index in [-0.39, 0.29) is 6.03 Å². The lowest BCUT2D eigenvalue weighted by Crippen LogP contribution is -2.32. The molecule has 10 heavy (non-hydrogen) atoms. The van der Waals surface area contributed by atoms with Gasteiger partial charge in [-0.05, 0) is 13.8 Å². The summed E-state index contributed by atoms with van der Waals surface area (Å²) >= 11 is 0. The normalized spacial score (nSPS) is 26.3. The average molecular weight is 142 g/mol. The van der Waals surface area contributed by atoms with Gasteiger partial charge < -0.3 is 9.80 Å². The van der Waals surface area contributed by atoms with E-state index in [0.29, 0.717) is 6.04 Å². The highest BCUT2D eigenvalue weighted by atomic mass is 16.2. The monoisotopic (exact) mass is 142 g/mol. The third kappa shape index (κ3) is 0.958. The molecule has 1 rings (SSSR count). The molecule has 1 aliphatic rings. The highest BCUT2D eigenvalue weighted by molar-refractivity contribution is 5.76. The lowest BCUT2D eigenvalue weighted by Gasteiger charge is -2.16. The van der Waals surface area contributed by atoms with Gasteiger partial charge in [0.2, 0.25) is 0 Å². The SMILES string of the molecule is CCN1C(=O)N(C)C[C@@H]1C. The summed E-state index contributed by atoms with van der Waals surface area (Å²) in [5, 5.41) is 0. The van der Waals surface area contributed by atoms with Crippen molar-refractivity contribution < 1.29 is 4.79 Å². The molecule has 0 saturated carbocycles. The van der Waals surface area contributed by atoms with E-state index in [1.165, 1.54) is 0 Å². The quantitative estimate of drug-likeness (QED) is 0.530. The van der Waals surface area contributed by atoms with Crippen LogP contribution in [0, 0.1) is 0 Å². The molecule has 3 nitrogen and oxygen atoms in total. The third-order valence-corrected chi connectivity index (χ3v) is 1.98. The summed E-state index contributed by atoms with van der Waals surface area (Å²) in [4.78, 5) is 14.8. The van der Waals surface area contributed by atoms with Gasteiger partial charge in [0, 0.05) is 26.2 Å². The van der Waals surface area contributed by atoms with Gasteiger partial charge in [-0.25, -0.2) is 4.79 Å². The third-order valence-electron chi connectivity index (χ3n) is 1.98. The van der Waals surface area contributed by atoms with Crippen molar-refractivity contribution in [3.63, 3.8) is 0 Å². The molecule has 0 bridgehead atoms. The van der Waals surface area contributed by atoms with Crippen molar-refractivity contribution in [3.8, 4) is 0 Å². The molecule has 0 radical (unpaired) electrons. The van der Waals surface area contributed by atoms with E-state index in [0.717, 1.165) is 13.1 Å². The maximum Gasteiger partial charge on any atom is 0.320 e. The second-order valence-electron chi connectivity index (χ2n) is 2.80. The topological polar surface area (TPSA) is 23.6 Å². The molecule has 0 unspecified atom stereocenters. The number of amides is 2. The first kappa shape index (κ1) is 7.38. The second-order valence-corrected chi connectivity index (χ2v) is 2.80. The molecule has 1 aliphatic heterocycles. The standard InChI is InChI=1S/C7H14N2O/c1-4-9-6(2)5-8(3)7(9)10/h6H,4-5H2,1-3H3/t6-/m0/s1. The minimum absolute atomic E-state index is 0.162. The van der Waals surface area contributed by atoms with Crippen LogP contribution in [0.3, 0.4) is 0 Å². The summed E-state index contributed by atoms with van der Waals surface area (Å²) in [5.74, 6) is 0. The van der Waals surface area contributed by atoms with Gasteiger partial charge >= 0.3 is 6.03 Å². The van der Waals surface area contributed by atoms with Crippen LogP contribution in [0.4, 0.5) is 4.79 Å². The minimum atomic E-state index is 0.162. The Labute approximate surface area is 61.6 Å². The Balaban J connectivity index is 2.64. The van der Waals surface area contributed by atoms with E-state index < -0.39 is 0 Å². The number of urea groups is 1. The molecule has 1 heterocycles. The number of carbonyl (C=O) groups is 1. The Morgan fingerprint density at radius 3 is 2.50 bits per heavy atom. The van der Waals surface area contributed by atoms with Crippen LogP contribution in [-0.4, -0.2) is 42.0 Å². The smallest absolute Gasteiger partial charge is 0.320 e. The van der Waals surface area contributed by atoms with E-state index in [4.69, 9.17) is 0 Å². The Bertz CT molecular complexity index is 147. The molecule has 1 saturated heterocycles. The van der Waals surface area contributed by atoms with Gasteiger partial charge in [0.25, 0.3) is 0 Å². The molecule has 1 fully saturated rings. The minimum Gasteiger partial charge on any atom is -0.326 e. The van der Waals surface area contributed by atoms with Gasteiger partial charge in [0.15, 0.2) is 0 Å². The Kier molecular flexibility index (Phi) is 1.83. The lowest BCUT2D eigenvalue weighted by atomic mass is 10.3. The van der Waals surface area contributed by atoms with Crippen molar-refractivity contribution in [1.82, 2.24) is 9.80 Å². The summed E-state index contributed by atoms with van der Waals surface area (Å²) in [7, 11) is 1.84. The summed E-state index contributed by atoms with van der Waals surface area (Å²) in [5.41, 5.74) is 0. The summed E-state index contributed by atoms with van der Waals surface area (Å²) in [6.07, 6.45) is 0. The van der Waals surface area contributed by atoms with Crippen LogP contribution in [-0.2, 0) is 0 Å². The lowest BCUT2D eigenvalue weighted by molar-refractivity contribution is 0.195. The number of carbonyl (C=O) groups excluding carboxylic acids is 1. The summed E-state index contributed by atoms with van der Waals surface area (Å²) < 4.78 is 0. The van der Waals surface area contributed by atoms with Gasteiger partial charge in [-0.1, -0.05) is 0 Å². The Morgan fingerprint density at radius 1 is 1.70 bits per heavy atom. The fraction of sp³-hybridized carbons (Fsp3) is 0.857. The maximum atomic E-state index is 11.2. The van der Waals surface area contributed by atoms with Gasteiger partial charge in [0.1, 0.15) is 0 Å². The zero-order valence-electron chi connectivity index (χ0n) is 6.79. The van der Waals surface area contributed by atoms with E-state index in [1.54, 1.807) is 4.90 Å². The number of likely N-dealkylation sites (N-methyl/N-ethyl adjacent to an activating group) is 2. The van der Waals surface area contributed by atoms with E-state index in [9.17, 15) is 4.79 Å². The number of hydrogen-bond acceptors (Lipinski definition) is 1. The molecule has 0 aliphatic carbocycles. The predicted molar refractivity (Wildman–Crippen MR) is 39.9 cm³/mol. The van der Waals surface area contributed by atoms with Crippen LogP contribution in [0.15, 0.2) is 0 Å². The first-order chi connectivity index (χ1) is 4.66. The van der Waals surface area contributed by atoms with Crippen molar-refractivity contribution in [2.24, 2.45) is 0 Å². The molecule has 58 valence electrons. The Hall–Kier alpha value is -0.730. The molecular formula is C7H14N2O. The van der Waals surface area contributed by atoms with Crippen molar-refractivity contribution in [2.45, 2.75) is 19.9 Å². The largest absolute Gasteiger partial charge is 0.326 e. The zero-order valence-corrected chi connectivity index (χ0v) is 6.79. The van der Waals surface area contributed by atoms with Crippen molar-refractivity contribution >= 4 is 6.03 Å². The fourth-order valence-electron chi connectivity index (χ4n) is 1.43. The molecule has 1 atom stereocenters. The first-order valence-electron chi connectivity index (χ1n) is 3.68. The number of rotatable bonds is 1. The van der Waals surface area contributed by atoms with Gasteiger partial charge in [-0.15, -0.1) is 0 Å². The van der Waals surface area contributed by atoms with Gasteiger partial charge in [0.05, 0.1) is 0 Å². The molecule has 0 spiro atoms. The van der Waals surface area contributed by atoms with E-state index >= 15 is 0 Å². The highest BCUT2D eigenvalue weighted by Gasteiger charge is 2.29. The molecule has 0 aromatic carbocycles. The van der Waals surface area contributed by atoms with Crippen molar-refractivity contribution in [3.05, 3.63) is 0 Å². The molecule has 0 N–H and O–H groups in total. The van der Waals surface area contributed by atoms with Gasteiger partial charge in [-0.3, -0.25) is 0 Å².